The van der Waals surface area contributed by atoms with E-state index in [2.05, 4.69) is 0 Å². The van der Waals surface area contributed by atoms with Crippen molar-refractivity contribution in [3.8, 4) is 11.5 Å². The summed E-state index contributed by atoms with van der Waals surface area (Å²) in [5.74, 6) is 1.29. The molecule has 0 saturated heterocycles. The molecule has 0 bridgehead atoms. The zero-order valence-corrected chi connectivity index (χ0v) is 11.4. The summed E-state index contributed by atoms with van der Waals surface area (Å²) in [5.41, 5.74) is 0.649. The lowest BCUT2D eigenvalue weighted by Gasteiger charge is -2.10. The standard InChI is InChI=1S/C14H15NO3S/c1-2-11-10-13(8-9-14(11)19(15,16)17)18-12-6-4-3-5-7-12/h3-10H,2H2,1H3,(H2,15,16,17). The van der Waals surface area contributed by atoms with Gasteiger partial charge in [-0.1, -0.05) is 25.1 Å². The fourth-order valence-electron chi connectivity index (χ4n) is 1.80. The van der Waals surface area contributed by atoms with E-state index >= 15 is 0 Å². The topological polar surface area (TPSA) is 69.4 Å². The van der Waals surface area contributed by atoms with Crippen LogP contribution in [0.3, 0.4) is 0 Å². The van der Waals surface area contributed by atoms with Gasteiger partial charge in [0.1, 0.15) is 11.5 Å². The Balaban J connectivity index is 2.35. The van der Waals surface area contributed by atoms with Crippen LogP contribution in [-0.4, -0.2) is 8.42 Å². The number of hydrogen-bond donors (Lipinski definition) is 1. The van der Waals surface area contributed by atoms with Crippen LogP contribution in [0.1, 0.15) is 12.5 Å². The summed E-state index contributed by atoms with van der Waals surface area (Å²) < 4.78 is 28.5. The highest BCUT2D eigenvalue weighted by Gasteiger charge is 2.13. The highest BCUT2D eigenvalue weighted by molar-refractivity contribution is 7.89. The largest absolute Gasteiger partial charge is 0.457 e. The molecule has 0 atom stereocenters. The van der Waals surface area contributed by atoms with Gasteiger partial charge in [-0.3, -0.25) is 0 Å². The SMILES string of the molecule is CCc1cc(Oc2ccccc2)ccc1S(N)(=O)=O. The van der Waals surface area contributed by atoms with Crippen LogP contribution in [-0.2, 0) is 16.4 Å². The Morgan fingerprint density at radius 1 is 1.05 bits per heavy atom. The first-order valence-electron chi connectivity index (χ1n) is 5.89. The van der Waals surface area contributed by atoms with Crippen molar-refractivity contribution in [2.24, 2.45) is 5.14 Å². The van der Waals surface area contributed by atoms with Crippen molar-refractivity contribution in [2.75, 3.05) is 0 Å². The lowest BCUT2D eigenvalue weighted by atomic mass is 10.1. The fraction of sp³-hybridized carbons (Fsp3) is 0.143. The summed E-state index contributed by atoms with van der Waals surface area (Å²) in [6, 6.07) is 14.1. The molecule has 2 N–H and O–H groups in total. The van der Waals surface area contributed by atoms with Gasteiger partial charge < -0.3 is 4.74 Å². The average molecular weight is 277 g/mol. The molecule has 2 aromatic carbocycles. The molecule has 0 aromatic heterocycles. The zero-order valence-electron chi connectivity index (χ0n) is 10.5. The van der Waals surface area contributed by atoms with Crippen molar-refractivity contribution in [2.45, 2.75) is 18.2 Å². The number of ether oxygens (including phenoxy) is 1. The third kappa shape index (κ3) is 3.33. The minimum atomic E-state index is -3.69. The summed E-state index contributed by atoms with van der Waals surface area (Å²) in [4.78, 5) is 0.149. The molecule has 0 spiro atoms. The van der Waals surface area contributed by atoms with Gasteiger partial charge >= 0.3 is 0 Å². The number of primary sulfonamides is 1. The first kappa shape index (κ1) is 13.6. The predicted molar refractivity (Wildman–Crippen MR) is 73.7 cm³/mol. The van der Waals surface area contributed by atoms with Gasteiger partial charge in [0.25, 0.3) is 0 Å². The fourth-order valence-corrected chi connectivity index (χ4v) is 2.62. The van der Waals surface area contributed by atoms with Crippen LogP contribution in [0, 0.1) is 0 Å². The molecule has 4 nitrogen and oxygen atoms in total. The van der Waals surface area contributed by atoms with Crippen molar-refractivity contribution < 1.29 is 13.2 Å². The van der Waals surface area contributed by atoms with Gasteiger partial charge in [0.15, 0.2) is 0 Å². The van der Waals surface area contributed by atoms with E-state index in [1.165, 1.54) is 6.07 Å². The molecule has 0 radical (unpaired) electrons. The smallest absolute Gasteiger partial charge is 0.238 e. The summed E-state index contributed by atoms with van der Waals surface area (Å²) >= 11 is 0. The van der Waals surface area contributed by atoms with Crippen molar-refractivity contribution in [1.82, 2.24) is 0 Å². The zero-order chi connectivity index (χ0) is 13.9. The van der Waals surface area contributed by atoms with Crippen LogP contribution in [0.2, 0.25) is 0 Å². The number of hydrogen-bond acceptors (Lipinski definition) is 3. The van der Waals surface area contributed by atoms with E-state index in [4.69, 9.17) is 9.88 Å². The molecular formula is C14H15NO3S. The van der Waals surface area contributed by atoms with Gasteiger partial charge in [0.2, 0.25) is 10.0 Å². The van der Waals surface area contributed by atoms with E-state index in [0.717, 1.165) is 0 Å². The first-order chi connectivity index (χ1) is 9.00. The summed E-state index contributed by atoms with van der Waals surface area (Å²) in [6.07, 6.45) is 0.567. The van der Waals surface area contributed by atoms with Gasteiger partial charge in [-0.05, 0) is 42.3 Å². The second-order valence-electron chi connectivity index (χ2n) is 4.08. The Kier molecular flexibility index (Phi) is 3.87. The van der Waals surface area contributed by atoms with Crippen molar-refractivity contribution in [3.05, 3.63) is 54.1 Å². The van der Waals surface area contributed by atoms with E-state index in [0.29, 0.717) is 23.5 Å². The molecular weight excluding hydrogens is 262 g/mol. The molecule has 2 aromatic rings. The Morgan fingerprint density at radius 3 is 2.32 bits per heavy atom. The molecule has 0 aliphatic heterocycles. The highest BCUT2D eigenvalue weighted by Crippen LogP contribution is 2.25. The molecule has 5 heteroatoms. The Labute approximate surface area is 112 Å². The number of benzene rings is 2. The van der Waals surface area contributed by atoms with Gasteiger partial charge in [-0.2, -0.15) is 0 Å². The van der Waals surface area contributed by atoms with Crippen molar-refractivity contribution in [3.63, 3.8) is 0 Å². The number of para-hydroxylation sites is 1. The van der Waals surface area contributed by atoms with Crippen LogP contribution < -0.4 is 9.88 Å². The molecule has 0 fully saturated rings. The molecule has 0 aliphatic rings. The van der Waals surface area contributed by atoms with Gasteiger partial charge in [-0.25, -0.2) is 13.6 Å². The predicted octanol–water partition coefficient (Wildman–Crippen LogP) is 2.69. The second-order valence-corrected chi connectivity index (χ2v) is 5.61. The molecule has 2 rings (SSSR count). The summed E-state index contributed by atoms with van der Waals surface area (Å²) in [5, 5.41) is 5.17. The normalized spacial score (nSPS) is 11.3. The summed E-state index contributed by atoms with van der Waals surface area (Å²) in [7, 11) is -3.69. The maximum Gasteiger partial charge on any atom is 0.238 e. The maximum absolute atomic E-state index is 11.4. The third-order valence-electron chi connectivity index (χ3n) is 2.70. The second kappa shape index (κ2) is 5.42. The van der Waals surface area contributed by atoms with Crippen LogP contribution in [0.25, 0.3) is 0 Å². The Morgan fingerprint density at radius 2 is 1.74 bits per heavy atom. The number of nitrogens with two attached hydrogens (primary N) is 1. The van der Waals surface area contributed by atoms with Crippen LogP contribution in [0.4, 0.5) is 0 Å². The van der Waals surface area contributed by atoms with E-state index in [1.807, 2.05) is 37.3 Å². The molecule has 0 heterocycles. The molecule has 19 heavy (non-hydrogen) atoms. The van der Waals surface area contributed by atoms with E-state index in [-0.39, 0.29) is 4.90 Å². The minimum Gasteiger partial charge on any atom is -0.457 e. The van der Waals surface area contributed by atoms with Crippen molar-refractivity contribution in [1.29, 1.82) is 0 Å². The van der Waals surface area contributed by atoms with Crippen molar-refractivity contribution >= 4 is 10.0 Å². The maximum atomic E-state index is 11.4. The number of aryl methyl sites for hydroxylation is 1. The van der Waals surface area contributed by atoms with Crippen LogP contribution in [0.15, 0.2) is 53.4 Å². The molecule has 0 saturated carbocycles. The monoisotopic (exact) mass is 277 g/mol. The van der Waals surface area contributed by atoms with Gasteiger partial charge in [0, 0.05) is 0 Å². The molecule has 100 valence electrons. The van der Waals surface area contributed by atoms with Crippen LogP contribution in [0.5, 0.6) is 11.5 Å². The lowest BCUT2D eigenvalue weighted by Crippen LogP contribution is -2.14. The van der Waals surface area contributed by atoms with Crippen LogP contribution >= 0.6 is 0 Å². The quantitative estimate of drug-likeness (QED) is 0.934. The summed E-state index contributed by atoms with van der Waals surface area (Å²) in [6.45, 7) is 1.87. The first-order valence-corrected chi connectivity index (χ1v) is 7.44. The number of sulfonamides is 1. The average Bonchev–Trinajstić information content (AvgIpc) is 2.38. The van der Waals surface area contributed by atoms with E-state index in [9.17, 15) is 8.42 Å². The lowest BCUT2D eigenvalue weighted by molar-refractivity contribution is 0.481. The Bertz CT molecular complexity index is 666. The van der Waals surface area contributed by atoms with Gasteiger partial charge in [-0.15, -0.1) is 0 Å². The van der Waals surface area contributed by atoms with E-state index in [1.54, 1.807) is 12.1 Å². The minimum absolute atomic E-state index is 0.149. The van der Waals surface area contributed by atoms with E-state index < -0.39 is 10.0 Å². The Hall–Kier alpha value is -1.85. The third-order valence-corrected chi connectivity index (χ3v) is 3.71. The molecule has 0 amide bonds. The molecule has 0 unspecified atom stereocenters. The molecule has 0 aliphatic carbocycles. The number of rotatable bonds is 4. The van der Waals surface area contributed by atoms with Gasteiger partial charge in [0.05, 0.1) is 4.90 Å². The highest BCUT2D eigenvalue weighted by atomic mass is 32.2.